The van der Waals surface area contributed by atoms with Gasteiger partial charge in [-0.25, -0.2) is 4.98 Å². The number of nitrogens with two attached hydrogens (primary N) is 1. The van der Waals surface area contributed by atoms with Gasteiger partial charge in [0.05, 0.1) is 22.7 Å². The molecule has 2 aliphatic rings. The maximum absolute atomic E-state index is 12.8. The first-order valence-corrected chi connectivity index (χ1v) is 11.7. The predicted octanol–water partition coefficient (Wildman–Crippen LogP) is 3.18. The molecular formula is C24H30N6O4. The first kappa shape index (κ1) is 23.5. The highest BCUT2D eigenvalue weighted by atomic mass is 16.6. The Bertz CT molecular complexity index is 1070. The molecule has 180 valence electrons. The van der Waals surface area contributed by atoms with Crippen LogP contribution in [0.1, 0.15) is 43.0 Å². The molecule has 10 heteroatoms. The Hall–Kier alpha value is -3.69. The van der Waals surface area contributed by atoms with Crippen LogP contribution in [-0.2, 0) is 4.79 Å². The van der Waals surface area contributed by atoms with E-state index in [1.165, 1.54) is 6.07 Å². The van der Waals surface area contributed by atoms with Gasteiger partial charge in [-0.05, 0) is 55.9 Å². The van der Waals surface area contributed by atoms with Crippen molar-refractivity contribution in [3.8, 4) is 0 Å². The molecule has 3 N–H and O–H groups in total. The van der Waals surface area contributed by atoms with Crippen molar-refractivity contribution in [2.24, 2.45) is 17.6 Å². The van der Waals surface area contributed by atoms with Crippen LogP contribution >= 0.6 is 0 Å². The Morgan fingerprint density at radius 3 is 2.53 bits per heavy atom. The predicted molar refractivity (Wildman–Crippen MR) is 130 cm³/mol. The van der Waals surface area contributed by atoms with Crippen molar-refractivity contribution in [2.75, 3.05) is 41.3 Å². The first-order chi connectivity index (χ1) is 16.3. The Kier molecular flexibility index (Phi) is 6.95. The Balaban J connectivity index is 1.44. The van der Waals surface area contributed by atoms with Gasteiger partial charge >= 0.3 is 0 Å². The summed E-state index contributed by atoms with van der Waals surface area (Å²) in [4.78, 5) is 44.0. The summed E-state index contributed by atoms with van der Waals surface area (Å²) >= 11 is 0. The molecule has 1 aromatic carbocycles. The molecule has 2 amide bonds. The van der Waals surface area contributed by atoms with Crippen LogP contribution in [0.5, 0.6) is 0 Å². The number of benzene rings is 1. The molecule has 4 rings (SSSR count). The van der Waals surface area contributed by atoms with Crippen LogP contribution in [0.3, 0.4) is 0 Å². The summed E-state index contributed by atoms with van der Waals surface area (Å²) in [5.74, 6) is 0.383. The van der Waals surface area contributed by atoms with Crippen molar-refractivity contribution in [2.45, 2.75) is 32.6 Å². The van der Waals surface area contributed by atoms with Crippen LogP contribution in [0.25, 0.3) is 0 Å². The Morgan fingerprint density at radius 2 is 1.88 bits per heavy atom. The molecule has 2 aromatic rings. The Labute approximate surface area is 198 Å². The third-order valence-corrected chi connectivity index (χ3v) is 6.71. The van der Waals surface area contributed by atoms with Gasteiger partial charge in [-0.1, -0.05) is 6.92 Å². The maximum Gasteiger partial charge on any atom is 0.293 e. The standard InChI is InChI=1S/C24H30N6O4/c1-16-8-11-28(12-9-16)20-6-4-17(13-21(20)30(33)34)24(32)27-19-5-7-22(26-14-19)29-10-2-3-18(15-29)23(25)31/h4-7,13-14,16,18H,2-3,8-12,15H2,1H3,(H2,25,31)(H,27,32). The monoisotopic (exact) mass is 466 g/mol. The van der Waals surface area contributed by atoms with Crippen LogP contribution in [0.2, 0.25) is 0 Å². The second kappa shape index (κ2) is 10.1. The number of amides is 2. The van der Waals surface area contributed by atoms with Crippen molar-refractivity contribution in [3.63, 3.8) is 0 Å². The normalized spacial score (nSPS) is 19.0. The van der Waals surface area contributed by atoms with E-state index < -0.39 is 10.8 Å². The van der Waals surface area contributed by atoms with Crippen molar-refractivity contribution < 1.29 is 14.5 Å². The van der Waals surface area contributed by atoms with Gasteiger partial charge in [0.15, 0.2) is 0 Å². The number of carbonyl (C=O) groups is 2. The molecule has 0 radical (unpaired) electrons. The lowest BCUT2D eigenvalue weighted by Gasteiger charge is -2.32. The lowest BCUT2D eigenvalue weighted by Crippen LogP contribution is -2.41. The van der Waals surface area contributed by atoms with Gasteiger partial charge in [0.1, 0.15) is 11.5 Å². The topological polar surface area (TPSA) is 135 Å². The van der Waals surface area contributed by atoms with Crippen LogP contribution in [0.15, 0.2) is 36.5 Å². The van der Waals surface area contributed by atoms with Gasteiger partial charge < -0.3 is 20.9 Å². The zero-order valence-corrected chi connectivity index (χ0v) is 19.3. The van der Waals surface area contributed by atoms with E-state index in [0.717, 1.165) is 45.3 Å². The van der Waals surface area contributed by atoms with Crippen LogP contribution in [0.4, 0.5) is 22.9 Å². The highest BCUT2D eigenvalue weighted by molar-refractivity contribution is 6.05. The number of carbonyl (C=O) groups excluding carboxylic acids is 2. The average Bonchev–Trinajstić information content (AvgIpc) is 2.84. The van der Waals surface area contributed by atoms with Gasteiger partial charge in [-0.15, -0.1) is 0 Å². The van der Waals surface area contributed by atoms with E-state index in [0.29, 0.717) is 29.7 Å². The molecule has 1 atom stereocenters. The second-order valence-electron chi connectivity index (χ2n) is 9.18. The minimum atomic E-state index is -0.441. The molecule has 34 heavy (non-hydrogen) atoms. The summed E-state index contributed by atoms with van der Waals surface area (Å²) in [7, 11) is 0. The van der Waals surface area contributed by atoms with E-state index in [-0.39, 0.29) is 23.1 Å². The molecule has 2 fully saturated rings. The van der Waals surface area contributed by atoms with Crippen LogP contribution < -0.4 is 20.9 Å². The molecule has 0 spiro atoms. The molecule has 2 aliphatic heterocycles. The minimum absolute atomic E-state index is 0.0650. The zero-order valence-electron chi connectivity index (χ0n) is 19.3. The summed E-state index contributed by atoms with van der Waals surface area (Å²) in [6.07, 6.45) is 5.16. The van der Waals surface area contributed by atoms with Crippen LogP contribution in [-0.4, -0.2) is 47.9 Å². The fraction of sp³-hybridized carbons (Fsp3) is 0.458. The van der Waals surface area contributed by atoms with Crippen molar-refractivity contribution >= 4 is 34.7 Å². The highest BCUT2D eigenvalue weighted by Crippen LogP contribution is 2.32. The molecule has 0 saturated carbocycles. The number of rotatable bonds is 6. The minimum Gasteiger partial charge on any atom is -0.369 e. The molecule has 1 aromatic heterocycles. The number of hydrogen-bond acceptors (Lipinski definition) is 7. The number of nitro groups is 1. The first-order valence-electron chi connectivity index (χ1n) is 11.7. The summed E-state index contributed by atoms with van der Waals surface area (Å²) in [6, 6.07) is 8.13. The second-order valence-corrected chi connectivity index (χ2v) is 9.18. The van der Waals surface area contributed by atoms with E-state index in [4.69, 9.17) is 5.73 Å². The van der Waals surface area contributed by atoms with Gasteiger partial charge in [-0.2, -0.15) is 0 Å². The molecule has 0 aliphatic carbocycles. The lowest BCUT2D eigenvalue weighted by atomic mass is 9.97. The van der Waals surface area contributed by atoms with Crippen LogP contribution in [0, 0.1) is 22.0 Å². The lowest BCUT2D eigenvalue weighted by molar-refractivity contribution is -0.384. The zero-order chi connectivity index (χ0) is 24.2. The quantitative estimate of drug-likeness (QED) is 0.493. The highest BCUT2D eigenvalue weighted by Gasteiger charge is 2.26. The SMILES string of the molecule is CC1CCN(c2ccc(C(=O)Nc3ccc(N4CCCC(C(N)=O)C4)nc3)cc2[N+](=O)[O-])CC1. The smallest absolute Gasteiger partial charge is 0.293 e. The van der Waals surface area contributed by atoms with E-state index >= 15 is 0 Å². The van der Waals surface area contributed by atoms with Gasteiger partial charge in [0.2, 0.25) is 5.91 Å². The number of piperidine rings is 2. The molecular weight excluding hydrogens is 436 g/mol. The number of aromatic nitrogens is 1. The van der Waals surface area contributed by atoms with Gasteiger partial charge in [0, 0.05) is 37.8 Å². The van der Waals surface area contributed by atoms with E-state index in [1.54, 1.807) is 30.5 Å². The molecule has 10 nitrogen and oxygen atoms in total. The summed E-state index contributed by atoms with van der Waals surface area (Å²) < 4.78 is 0. The summed E-state index contributed by atoms with van der Waals surface area (Å²) in [6.45, 7) is 5.03. The third kappa shape index (κ3) is 5.27. The van der Waals surface area contributed by atoms with Crippen molar-refractivity contribution in [1.82, 2.24) is 4.98 Å². The number of nitro benzene ring substituents is 1. The number of nitrogens with zero attached hydrogens (tertiary/aromatic N) is 4. The molecule has 2 saturated heterocycles. The maximum atomic E-state index is 12.8. The number of nitrogens with one attached hydrogen (secondary N) is 1. The van der Waals surface area contributed by atoms with Crippen molar-refractivity contribution in [3.05, 3.63) is 52.2 Å². The number of anilines is 3. The molecule has 1 unspecified atom stereocenters. The summed E-state index contributed by atoms with van der Waals surface area (Å²) in [5.41, 5.74) is 6.63. The number of primary amides is 1. The van der Waals surface area contributed by atoms with E-state index in [9.17, 15) is 19.7 Å². The van der Waals surface area contributed by atoms with Gasteiger partial charge in [0.25, 0.3) is 11.6 Å². The largest absolute Gasteiger partial charge is 0.369 e. The molecule has 3 heterocycles. The van der Waals surface area contributed by atoms with E-state index in [1.807, 2.05) is 9.80 Å². The van der Waals surface area contributed by atoms with E-state index in [2.05, 4.69) is 17.2 Å². The van der Waals surface area contributed by atoms with Crippen molar-refractivity contribution in [1.29, 1.82) is 0 Å². The number of pyridine rings is 1. The summed E-state index contributed by atoms with van der Waals surface area (Å²) in [5, 5.41) is 14.5. The average molecular weight is 467 g/mol. The fourth-order valence-electron chi connectivity index (χ4n) is 4.60. The Morgan fingerprint density at radius 1 is 1.12 bits per heavy atom. The number of hydrogen-bond donors (Lipinski definition) is 2. The fourth-order valence-corrected chi connectivity index (χ4v) is 4.60. The third-order valence-electron chi connectivity index (χ3n) is 6.71. The van der Waals surface area contributed by atoms with Gasteiger partial charge in [-0.3, -0.25) is 19.7 Å². The molecule has 0 bridgehead atoms.